The van der Waals surface area contributed by atoms with Crippen LogP contribution in [0.15, 0.2) is 0 Å². The Balaban J connectivity index is 2.57. The number of carboxylic acids is 1. The number of carbonyl (C=O) groups is 2. The molecule has 0 spiro atoms. The van der Waals surface area contributed by atoms with Crippen molar-refractivity contribution in [1.29, 1.82) is 0 Å². The van der Waals surface area contributed by atoms with Crippen LogP contribution in [-0.2, 0) is 9.53 Å². The van der Waals surface area contributed by atoms with Gasteiger partial charge in [0.2, 0.25) is 0 Å². The highest BCUT2D eigenvalue weighted by molar-refractivity contribution is 5.82. The van der Waals surface area contributed by atoms with Gasteiger partial charge in [0.05, 0.1) is 0 Å². The van der Waals surface area contributed by atoms with Crippen LogP contribution in [0.3, 0.4) is 0 Å². The maximum Gasteiger partial charge on any atom is 0.326 e. The quantitative estimate of drug-likeness (QED) is 0.794. The van der Waals surface area contributed by atoms with Crippen LogP contribution in [0.25, 0.3) is 0 Å². The van der Waals surface area contributed by atoms with Crippen molar-refractivity contribution in [3.8, 4) is 0 Å². The summed E-state index contributed by atoms with van der Waals surface area (Å²) < 4.78 is 4.96. The largest absolute Gasteiger partial charge is 0.480 e. The summed E-state index contributed by atoms with van der Waals surface area (Å²) in [5.74, 6) is -0.915. The molecule has 0 radical (unpaired) electrons. The molecular weight excluding hydrogens is 248 g/mol. The Kier molecular flexibility index (Phi) is 6.62. The lowest BCUT2D eigenvalue weighted by molar-refractivity contribution is -0.142. The summed E-state index contributed by atoms with van der Waals surface area (Å²) in [6.07, 6.45) is 3.96. The minimum absolute atomic E-state index is 0.0230. The molecule has 0 bridgehead atoms. The number of ether oxygens (including phenoxy) is 1. The Morgan fingerprint density at radius 3 is 2.79 bits per heavy atom. The topological polar surface area (TPSA) is 78.9 Å². The van der Waals surface area contributed by atoms with Crippen LogP contribution >= 0.6 is 0 Å². The maximum atomic E-state index is 12.1. The molecule has 0 saturated carbocycles. The summed E-state index contributed by atoms with van der Waals surface area (Å²) >= 11 is 0. The van der Waals surface area contributed by atoms with Gasteiger partial charge < -0.3 is 20.1 Å². The molecule has 19 heavy (non-hydrogen) atoms. The number of hydrogen-bond donors (Lipinski definition) is 2. The molecule has 6 nitrogen and oxygen atoms in total. The molecule has 2 atom stereocenters. The number of nitrogens with one attached hydrogen (secondary N) is 1. The molecule has 1 aliphatic rings. The number of carboxylic acid groups (broad SMARTS) is 1. The Morgan fingerprint density at radius 1 is 1.42 bits per heavy atom. The van der Waals surface area contributed by atoms with E-state index in [1.165, 1.54) is 4.90 Å². The van der Waals surface area contributed by atoms with E-state index in [2.05, 4.69) is 5.32 Å². The lowest BCUT2D eigenvalue weighted by Crippen LogP contribution is -2.51. The van der Waals surface area contributed by atoms with Crippen molar-refractivity contribution in [2.45, 2.75) is 51.1 Å². The van der Waals surface area contributed by atoms with Gasteiger partial charge in [-0.3, -0.25) is 0 Å². The second kappa shape index (κ2) is 7.99. The average molecular weight is 272 g/mol. The number of rotatable bonds is 5. The number of likely N-dealkylation sites (tertiary alicyclic amines) is 1. The van der Waals surface area contributed by atoms with Gasteiger partial charge in [-0.1, -0.05) is 12.8 Å². The molecule has 2 unspecified atom stereocenters. The average Bonchev–Trinajstić information content (AvgIpc) is 2.61. The minimum atomic E-state index is -0.915. The van der Waals surface area contributed by atoms with Crippen molar-refractivity contribution in [3.05, 3.63) is 0 Å². The third kappa shape index (κ3) is 5.06. The van der Waals surface area contributed by atoms with E-state index < -0.39 is 12.0 Å². The van der Waals surface area contributed by atoms with Gasteiger partial charge in [0.1, 0.15) is 6.04 Å². The fourth-order valence-corrected chi connectivity index (χ4v) is 2.27. The van der Waals surface area contributed by atoms with Crippen molar-refractivity contribution in [2.75, 3.05) is 20.3 Å². The monoisotopic (exact) mass is 272 g/mol. The molecule has 2 amide bonds. The van der Waals surface area contributed by atoms with Gasteiger partial charge in [-0.2, -0.15) is 0 Å². The Morgan fingerprint density at radius 2 is 2.16 bits per heavy atom. The number of urea groups is 1. The first-order valence-corrected chi connectivity index (χ1v) is 6.85. The molecule has 1 aliphatic heterocycles. The van der Waals surface area contributed by atoms with E-state index in [1.807, 2.05) is 6.92 Å². The molecule has 6 heteroatoms. The van der Waals surface area contributed by atoms with Gasteiger partial charge in [0, 0.05) is 26.3 Å². The highest BCUT2D eigenvalue weighted by Crippen LogP contribution is 2.17. The fourth-order valence-electron chi connectivity index (χ4n) is 2.27. The first-order valence-electron chi connectivity index (χ1n) is 6.85. The third-order valence-electron chi connectivity index (χ3n) is 3.42. The molecule has 1 heterocycles. The number of nitrogens with zero attached hydrogens (tertiary/aromatic N) is 1. The van der Waals surface area contributed by atoms with Gasteiger partial charge in [0.25, 0.3) is 0 Å². The normalized spacial score (nSPS) is 21.6. The van der Waals surface area contributed by atoms with Gasteiger partial charge in [-0.15, -0.1) is 0 Å². The van der Waals surface area contributed by atoms with Crippen molar-refractivity contribution in [1.82, 2.24) is 10.2 Å². The molecule has 1 fully saturated rings. The summed E-state index contributed by atoms with van der Waals surface area (Å²) in [6.45, 7) is 2.98. The predicted molar refractivity (Wildman–Crippen MR) is 71.1 cm³/mol. The van der Waals surface area contributed by atoms with E-state index in [0.717, 1.165) is 19.3 Å². The van der Waals surface area contributed by atoms with Crippen molar-refractivity contribution in [3.63, 3.8) is 0 Å². The molecule has 0 aliphatic carbocycles. The second-order valence-electron chi connectivity index (χ2n) is 5.03. The SMILES string of the molecule is COCCC(C)NC(=O)N1CCCCCC1C(=O)O. The zero-order valence-corrected chi connectivity index (χ0v) is 11.7. The van der Waals surface area contributed by atoms with Gasteiger partial charge in [0.15, 0.2) is 0 Å². The summed E-state index contributed by atoms with van der Waals surface area (Å²) in [5, 5.41) is 12.1. The molecule has 110 valence electrons. The van der Waals surface area contributed by atoms with Crippen LogP contribution in [0.2, 0.25) is 0 Å². The Bertz CT molecular complexity index is 309. The van der Waals surface area contributed by atoms with Crippen LogP contribution in [0.4, 0.5) is 4.79 Å². The van der Waals surface area contributed by atoms with Crippen molar-refractivity contribution >= 4 is 12.0 Å². The van der Waals surface area contributed by atoms with E-state index in [4.69, 9.17) is 4.74 Å². The highest BCUT2D eigenvalue weighted by Gasteiger charge is 2.31. The Hall–Kier alpha value is -1.30. The van der Waals surface area contributed by atoms with Crippen LogP contribution < -0.4 is 5.32 Å². The number of carbonyl (C=O) groups excluding carboxylic acids is 1. The van der Waals surface area contributed by atoms with Crippen LogP contribution in [0.5, 0.6) is 0 Å². The first-order chi connectivity index (χ1) is 9.06. The highest BCUT2D eigenvalue weighted by atomic mass is 16.5. The summed E-state index contributed by atoms with van der Waals surface area (Å²) in [7, 11) is 1.61. The first kappa shape index (κ1) is 15.8. The number of amides is 2. The minimum Gasteiger partial charge on any atom is -0.480 e. The molecule has 1 rings (SSSR count). The van der Waals surface area contributed by atoms with E-state index in [9.17, 15) is 14.7 Å². The predicted octanol–water partition coefficient (Wildman–Crippen LogP) is 1.45. The van der Waals surface area contributed by atoms with Crippen molar-refractivity contribution < 1.29 is 19.4 Å². The molecule has 0 aromatic rings. The van der Waals surface area contributed by atoms with Gasteiger partial charge in [-0.25, -0.2) is 9.59 Å². The van der Waals surface area contributed by atoms with Crippen LogP contribution in [0.1, 0.15) is 39.0 Å². The third-order valence-corrected chi connectivity index (χ3v) is 3.42. The van der Waals surface area contributed by atoms with Gasteiger partial charge >= 0.3 is 12.0 Å². The molecule has 1 saturated heterocycles. The summed E-state index contributed by atoms with van der Waals surface area (Å²) in [4.78, 5) is 24.8. The van der Waals surface area contributed by atoms with Crippen molar-refractivity contribution in [2.24, 2.45) is 0 Å². The van der Waals surface area contributed by atoms with E-state index in [1.54, 1.807) is 7.11 Å². The molecule has 2 N–H and O–H groups in total. The zero-order chi connectivity index (χ0) is 14.3. The van der Waals surface area contributed by atoms with E-state index >= 15 is 0 Å². The number of hydrogen-bond acceptors (Lipinski definition) is 3. The molecule has 0 aromatic heterocycles. The fraction of sp³-hybridized carbons (Fsp3) is 0.846. The smallest absolute Gasteiger partial charge is 0.326 e. The summed E-state index contributed by atoms with van der Waals surface area (Å²) in [5.41, 5.74) is 0. The number of aliphatic carboxylic acids is 1. The zero-order valence-electron chi connectivity index (χ0n) is 11.7. The summed E-state index contributed by atoms with van der Waals surface area (Å²) in [6, 6.07) is -1.000. The van der Waals surface area contributed by atoms with Crippen LogP contribution in [-0.4, -0.2) is 54.4 Å². The van der Waals surface area contributed by atoms with Gasteiger partial charge in [-0.05, 0) is 26.2 Å². The van der Waals surface area contributed by atoms with E-state index in [0.29, 0.717) is 26.0 Å². The maximum absolute atomic E-state index is 12.1. The Labute approximate surface area is 114 Å². The molecular formula is C13H24N2O4. The second-order valence-corrected chi connectivity index (χ2v) is 5.03. The lowest BCUT2D eigenvalue weighted by atomic mass is 10.1. The van der Waals surface area contributed by atoms with E-state index in [-0.39, 0.29) is 12.1 Å². The standard InChI is InChI=1S/C13H24N2O4/c1-10(7-9-19-2)14-13(18)15-8-5-3-4-6-11(15)12(16)17/h10-11H,3-9H2,1-2H3,(H,14,18)(H,16,17). The molecule has 0 aromatic carbocycles. The lowest BCUT2D eigenvalue weighted by Gasteiger charge is -2.28. The van der Waals surface area contributed by atoms with Crippen LogP contribution in [0, 0.1) is 0 Å². The number of methoxy groups -OCH3 is 1.